The molecule has 1 aromatic carbocycles. The van der Waals surface area contributed by atoms with Crippen molar-refractivity contribution in [1.29, 1.82) is 0 Å². The maximum absolute atomic E-state index is 12.8. The molecule has 2 aliphatic heterocycles. The fourth-order valence-corrected chi connectivity index (χ4v) is 4.74. The normalized spacial score (nSPS) is 23.1. The number of rotatable bonds is 8. The smallest absolute Gasteiger partial charge is 0.225 e. The average molecular weight is 417 g/mol. The Hall–Kier alpha value is -1.79. The summed E-state index contributed by atoms with van der Waals surface area (Å²) in [7, 11) is 1.68. The minimum Gasteiger partial charge on any atom is -0.493 e. The van der Waals surface area contributed by atoms with Crippen molar-refractivity contribution in [3.63, 3.8) is 0 Å². The van der Waals surface area contributed by atoms with E-state index in [1.165, 1.54) is 18.4 Å². The van der Waals surface area contributed by atoms with Crippen LogP contribution in [0.15, 0.2) is 18.2 Å². The minimum atomic E-state index is 0.281. The van der Waals surface area contributed by atoms with Gasteiger partial charge in [0.2, 0.25) is 5.91 Å². The Balaban J connectivity index is 1.33. The van der Waals surface area contributed by atoms with E-state index in [1.807, 2.05) is 6.07 Å². The van der Waals surface area contributed by atoms with Crippen LogP contribution >= 0.6 is 0 Å². The number of ether oxygens (including phenoxy) is 3. The molecule has 0 unspecified atom stereocenters. The van der Waals surface area contributed by atoms with Crippen LogP contribution in [-0.4, -0.2) is 68.3 Å². The van der Waals surface area contributed by atoms with Crippen molar-refractivity contribution in [3.8, 4) is 11.5 Å². The van der Waals surface area contributed by atoms with Gasteiger partial charge in [-0.05, 0) is 49.8 Å². The number of methoxy groups -OCH3 is 1. The number of nitrogens with zero attached hydrogens (tertiary/aromatic N) is 2. The first-order chi connectivity index (χ1) is 14.7. The van der Waals surface area contributed by atoms with Gasteiger partial charge >= 0.3 is 0 Å². The molecule has 1 aliphatic carbocycles. The average Bonchev–Trinajstić information content (AvgIpc) is 2.74. The van der Waals surface area contributed by atoms with Crippen molar-refractivity contribution in [2.24, 2.45) is 5.92 Å². The first-order valence-electron chi connectivity index (χ1n) is 11.6. The molecule has 166 valence electrons. The van der Waals surface area contributed by atoms with Crippen LogP contribution < -0.4 is 9.47 Å². The van der Waals surface area contributed by atoms with E-state index in [0.29, 0.717) is 18.6 Å². The Morgan fingerprint density at radius 1 is 1.07 bits per heavy atom. The number of hydrogen-bond donors (Lipinski definition) is 0. The number of morpholine rings is 1. The second-order valence-electron chi connectivity index (χ2n) is 8.82. The number of carbonyl (C=O) groups excluding carboxylic acids is 1. The third-order valence-corrected chi connectivity index (χ3v) is 6.81. The number of amides is 1. The van der Waals surface area contributed by atoms with Gasteiger partial charge in [0.25, 0.3) is 0 Å². The largest absolute Gasteiger partial charge is 0.493 e. The fraction of sp³-hybridized carbons (Fsp3) is 0.708. The summed E-state index contributed by atoms with van der Waals surface area (Å²) < 4.78 is 17.2. The summed E-state index contributed by atoms with van der Waals surface area (Å²) in [4.78, 5) is 17.4. The molecule has 1 saturated carbocycles. The number of hydrogen-bond acceptors (Lipinski definition) is 5. The van der Waals surface area contributed by atoms with E-state index >= 15 is 0 Å². The molecule has 0 aromatic heterocycles. The van der Waals surface area contributed by atoms with Gasteiger partial charge in [0.05, 0.1) is 26.9 Å². The highest BCUT2D eigenvalue weighted by Gasteiger charge is 2.34. The molecule has 1 amide bonds. The standard InChI is InChI=1S/C24H36N2O4/c1-28-22-9-8-19(18-25-12-15-29-16-13-25)17-23(22)30-14-10-21-7-2-3-11-26(21)24(27)20-5-4-6-20/h8-9,17,20-21H,2-7,10-16,18H2,1H3/t21-/m1/s1. The zero-order chi connectivity index (χ0) is 20.8. The summed E-state index contributed by atoms with van der Waals surface area (Å²) in [6, 6.07) is 6.53. The lowest BCUT2D eigenvalue weighted by molar-refractivity contribution is -0.142. The summed E-state index contributed by atoms with van der Waals surface area (Å²) in [5.41, 5.74) is 1.23. The predicted molar refractivity (Wildman–Crippen MR) is 116 cm³/mol. The first-order valence-corrected chi connectivity index (χ1v) is 11.6. The van der Waals surface area contributed by atoms with Gasteiger partial charge in [0, 0.05) is 44.6 Å². The summed E-state index contributed by atoms with van der Waals surface area (Å²) >= 11 is 0. The molecule has 30 heavy (non-hydrogen) atoms. The van der Waals surface area contributed by atoms with Gasteiger partial charge in [0.1, 0.15) is 0 Å². The van der Waals surface area contributed by atoms with Gasteiger partial charge in [-0.15, -0.1) is 0 Å². The molecule has 1 atom stereocenters. The molecule has 6 nitrogen and oxygen atoms in total. The van der Waals surface area contributed by atoms with Crippen molar-refractivity contribution >= 4 is 5.91 Å². The molecule has 0 N–H and O–H groups in total. The van der Waals surface area contributed by atoms with Gasteiger partial charge in [0.15, 0.2) is 11.5 Å². The van der Waals surface area contributed by atoms with Crippen LogP contribution in [0.2, 0.25) is 0 Å². The van der Waals surface area contributed by atoms with E-state index in [0.717, 1.165) is 83.0 Å². The number of piperidine rings is 1. The van der Waals surface area contributed by atoms with Crippen molar-refractivity contribution in [2.75, 3.05) is 46.6 Å². The second kappa shape index (κ2) is 10.5. The molecule has 0 radical (unpaired) electrons. The van der Waals surface area contributed by atoms with Crippen molar-refractivity contribution in [2.45, 2.75) is 57.5 Å². The molecule has 1 aromatic rings. The highest BCUT2D eigenvalue weighted by molar-refractivity contribution is 5.80. The Morgan fingerprint density at radius 2 is 1.90 bits per heavy atom. The monoisotopic (exact) mass is 416 g/mol. The summed E-state index contributed by atoms with van der Waals surface area (Å²) in [5.74, 6) is 2.24. The van der Waals surface area contributed by atoms with E-state index in [1.54, 1.807) is 7.11 Å². The SMILES string of the molecule is COc1ccc(CN2CCOCC2)cc1OCC[C@H]1CCCCN1C(=O)C1CCC1. The molecular weight excluding hydrogens is 380 g/mol. The number of likely N-dealkylation sites (tertiary alicyclic amines) is 1. The quantitative estimate of drug-likeness (QED) is 0.649. The zero-order valence-electron chi connectivity index (χ0n) is 18.3. The van der Waals surface area contributed by atoms with Crippen LogP contribution in [0, 0.1) is 5.92 Å². The molecule has 3 aliphatic rings. The summed E-state index contributed by atoms with van der Waals surface area (Å²) in [6.45, 7) is 5.96. The van der Waals surface area contributed by atoms with Gasteiger partial charge in [-0.3, -0.25) is 9.69 Å². The summed E-state index contributed by atoms with van der Waals surface area (Å²) in [5, 5.41) is 0. The van der Waals surface area contributed by atoms with Gasteiger partial charge in [-0.25, -0.2) is 0 Å². The van der Waals surface area contributed by atoms with Gasteiger partial charge < -0.3 is 19.1 Å². The van der Waals surface area contributed by atoms with Crippen LogP contribution in [-0.2, 0) is 16.1 Å². The molecule has 4 rings (SSSR count). The molecule has 6 heteroatoms. The molecule has 0 spiro atoms. The van der Waals surface area contributed by atoms with Gasteiger partial charge in [-0.1, -0.05) is 12.5 Å². The lowest BCUT2D eigenvalue weighted by Gasteiger charge is -2.40. The third-order valence-electron chi connectivity index (χ3n) is 6.81. The number of carbonyl (C=O) groups is 1. The third kappa shape index (κ3) is 5.27. The molecular formula is C24H36N2O4. The maximum Gasteiger partial charge on any atom is 0.225 e. The summed E-state index contributed by atoms with van der Waals surface area (Å²) in [6.07, 6.45) is 7.67. The van der Waals surface area contributed by atoms with Crippen LogP contribution in [0.25, 0.3) is 0 Å². The molecule has 3 fully saturated rings. The Bertz CT molecular complexity index is 700. The first kappa shape index (κ1) is 21.4. The number of benzene rings is 1. The van der Waals surface area contributed by atoms with E-state index < -0.39 is 0 Å². The van der Waals surface area contributed by atoms with Crippen LogP contribution in [0.4, 0.5) is 0 Å². The van der Waals surface area contributed by atoms with Gasteiger partial charge in [-0.2, -0.15) is 0 Å². The Kier molecular flexibility index (Phi) is 7.50. The van der Waals surface area contributed by atoms with E-state index in [9.17, 15) is 4.79 Å². The molecule has 2 heterocycles. The van der Waals surface area contributed by atoms with Crippen LogP contribution in [0.5, 0.6) is 11.5 Å². The fourth-order valence-electron chi connectivity index (χ4n) is 4.74. The minimum absolute atomic E-state index is 0.281. The van der Waals surface area contributed by atoms with Crippen molar-refractivity contribution in [1.82, 2.24) is 9.80 Å². The van der Waals surface area contributed by atoms with Crippen molar-refractivity contribution in [3.05, 3.63) is 23.8 Å². The Labute approximate surface area is 180 Å². The molecule has 0 bridgehead atoms. The lowest BCUT2D eigenvalue weighted by atomic mass is 9.83. The van der Waals surface area contributed by atoms with E-state index in [4.69, 9.17) is 14.2 Å². The lowest BCUT2D eigenvalue weighted by Crippen LogP contribution is -2.48. The van der Waals surface area contributed by atoms with Crippen LogP contribution in [0.3, 0.4) is 0 Å². The van der Waals surface area contributed by atoms with E-state index in [-0.39, 0.29) is 5.92 Å². The van der Waals surface area contributed by atoms with E-state index in [2.05, 4.69) is 21.9 Å². The maximum atomic E-state index is 12.8. The second-order valence-corrected chi connectivity index (χ2v) is 8.82. The zero-order valence-corrected chi connectivity index (χ0v) is 18.3. The van der Waals surface area contributed by atoms with Crippen LogP contribution in [0.1, 0.15) is 50.5 Å². The predicted octanol–water partition coefficient (Wildman–Crippen LogP) is 3.48. The molecule has 2 saturated heterocycles. The Morgan fingerprint density at radius 3 is 2.63 bits per heavy atom. The van der Waals surface area contributed by atoms with Crippen molar-refractivity contribution < 1.29 is 19.0 Å². The topological polar surface area (TPSA) is 51.2 Å². The highest BCUT2D eigenvalue weighted by Crippen LogP contribution is 2.32. The highest BCUT2D eigenvalue weighted by atomic mass is 16.5.